The summed E-state index contributed by atoms with van der Waals surface area (Å²) in [6, 6.07) is 0. The third kappa shape index (κ3) is 8.82. The van der Waals surface area contributed by atoms with Crippen molar-refractivity contribution in [1.82, 2.24) is 0 Å². The molecule has 4 heteroatoms. The Labute approximate surface area is 151 Å². The first-order valence-corrected chi connectivity index (χ1v) is 9.38. The van der Waals surface area contributed by atoms with Crippen molar-refractivity contribution in [3.63, 3.8) is 0 Å². The standard InChI is InChI=1S/C21H32O4/c1-3-4-7-11-18(22)14-15-19-17(13-16-20(19)23)10-8-5-6-9-12-21(24)25-2/h5,8,13-19,22H,3-4,6-7,9-12H2,1-2H3/b8-5-,15-14+/t17-,18-,19+/m0/s1. The molecule has 0 aliphatic heterocycles. The highest BCUT2D eigenvalue weighted by Gasteiger charge is 2.26. The second-order valence-corrected chi connectivity index (χ2v) is 6.57. The number of aliphatic hydroxyl groups is 1. The predicted molar refractivity (Wildman–Crippen MR) is 100 cm³/mol. The Balaban J connectivity index is 2.36. The molecule has 140 valence electrons. The van der Waals surface area contributed by atoms with Crippen molar-refractivity contribution in [2.45, 2.75) is 64.4 Å². The number of hydrogen-bond donors (Lipinski definition) is 1. The van der Waals surface area contributed by atoms with E-state index >= 15 is 0 Å². The largest absolute Gasteiger partial charge is 0.469 e. The number of carbonyl (C=O) groups is 2. The van der Waals surface area contributed by atoms with E-state index in [0.29, 0.717) is 6.42 Å². The predicted octanol–water partition coefficient (Wildman–Crippen LogP) is 4.14. The highest BCUT2D eigenvalue weighted by Crippen LogP contribution is 2.27. The lowest BCUT2D eigenvalue weighted by molar-refractivity contribution is -0.140. The average molecular weight is 348 g/mol. The molecule has 0 saturated heterocycles. The third-order valence-corrected chi connectivity index (χ3v) is 4.50. The number of aliphatic hydroxyl groups excluding tert-OH is 1. The Bertz CT molecular complexity index is 490. The normalized spacial score (nSPS) is 21.5. The lowest BCUT2D eigenvalue weighted by Gasteiger charge is -2.13. The van der Waals surface area contributed by atoms with Crippen molar-refractivity contribution in [2.24, 2.45) is 11.8 Å². The van der Waals surface area contributed by atoms with Gasteiger partial charge in [0.2, 0.25) is 0 Å². The van der Waals surface area contributed by atoms with Gasteiger partial charge < -0.3 is 9.84 Å². The first kappa shape index (κ1) is 21.4. The summed E-state index contributed by atoms with van der Waals surface area (Å²) in [6.07, 6.45) is 17.8. The molecule has 0 unspecified atom stereocenters. The molecule has 25 heavy (non-hydrogen) atoms. The van der Waals surface area contributed by atoms with E-state index in [1.54, 1.807) is 12.2 Å². The van der Waals surface area contributed by atoms with Gasteiger partial charge in [0.05, 0.1) is 13.2 Å². The van der Waals surface area contributed by atoms with E-state index in [4.69, 9.17) is 0 Å². The van der Waals surface area contributed by atoms with Crippen LogP contribution in [0.2, 0.25) is 0 Å². The Morgan fingerprint density at radius 3 is 2.84 bits per heavy atom. The maximum atomic E-state index is 12.0. The second kappa shape index (κ2) is 12.6. The average Bonchev–Trinajstić information content (AvgIpc) is 2.96. The van der Waals surface area contributed by atoms with Crippen LogP contribution >= 0.6 is 0 Å². The molecule has 0 fully saturated rings. The molecule has 1 rings (SSSR count). The molecule has 0 spiro atoms. The van der Waals surface area contributed by atoms with Crippen LogP contribution in [0.25, 0.3) is 0 Å². The quantitative estimate of drug-likeness (QED) is 0.327. The summed E-state index contributed by atoms with van der Waals surface area (Å²) >= 11 is 0. The summed E-state index contributed by atoms with van der Waals surface area (Å²) in [5.74, 6) is -0.0782. The molecule has 1 aliphatic carbocycles. The zero-order valence-electron chi connectivity index (χ0n) is 15.5. The van der Waals surface area contributed by atoms with Gasteiger partial charge in [-0.05, 0) is 37.7 Å². The minimum Gasteiger partial charge on any atom is -0.469 e. The molecule has 0 aromatic carbocycles. The fourth-order valence-electron chi connectivity index (χ4n) is 2.91. The minimum atomic E-state index is -0.463. The van der Waals surface area contributed by atoms with Crippen molar-refractivity contribution in [2.75, 3.05) is 7.11 Å². The van der Waals surface area contributed by atoms with Crippen LogP contribution in [0.1, 0.15) is 58.3 Å². The molecule has 0 aromatic heterocycles. The molecular formula is C21H32O4. The van der Waals surface area contributed by atoms with Crippen LogP contribution in [0.5, 0.6) is 0 Å². The Morgan fingerprint density at radius 2 is 2.12 bits per heavy atom. The molecule has 0 aromatic rings. The molecule has 0 bridgehead atoms. The fraction of sp³-hybridized carbons (Fsp3) is 0.619. The lowest BCUT2D eigenvalue weighted by atomic mass is 9.90. The third-order valence-electron chi connectivity index (χ3n) is 4.50. The number of hydrogen-bond acceptors (Lipinski definition) is 4. The van der Waals surface area contributed by atoms with E-state index in [0.717, 1.165) is 44.9 Å². The number of allylic oxidation sites excluding steroid dienone is 5. The van der Waals surface area contributed by atoms with E-state index in [1.807, 2.05) is 12.2 Å². The monoisotopic (exact) mass is 348 g/mol. The number of unbranched alkanes of at least 4 members (excludes halogenated alkanes) is 3. The lowest BCUT2D eigenvalue weighted by Crippen LogP contribution is -2.14. The van der Waals surface area contributed by atoms with E-state index in [9.17, 15) is 14.7 Å². The van der Waals surface area contributed by atoms with Gasteiger partial charge in [0.15, 0.2) is 5.78 Å². The van der Waals surface area contributed by atoms with Gasteiger partial charge in [0.25, 0.3) is 0 Å². The number of ketones is 1. The zero-order valence-corrected chi connectivity index (χ0v) is 15.5. The van der Waals surface area contributed by atoms with Crippen LogP contribution in [0.3, 0.4) is 0 Å². The van der Waals surface area contributed by atoms with Crippen molar-refractivity contribution in [3.8, 4) is 0 Å². The Kier molecular flexibility index (Phi) is 10.8. The molecular weight excluding hydrogens is 316 g/mol. The van der Waals surface area contributed by atoms with E-state index in [1.165, 1.54) is 7.11 Å². The Morgan fingerprint density at radius 1 is 1.32 bits per heavy atom. The van der Waals surface area contributed by atoms with Crippen molar-refractivity contribution >= 4 is 11.8 Å². The highest BCUT2D eigenvalue weighted by molar-refractivity contribution is 5.95. The maximum absolute atomic E-state index is 12.0. The number of ether oxygens (including phenoxy) is 1. The van der Waals surface area contributed by atoms with Gasteiger partial charge >= 0.3 is 5.97 Å². The Hall–Kier alpha value is -1.68. The summed E-state index contributed by atoms with van der Waals surface area (Å²) in [4.78, 5) is 23.0. The molecule has 4 nitrogen and oxygen atoms in total. The molecule has 0 heterocycles. The van der Waals surface area contributed by atoms with Crippen molar-refractivity contribution in [1.29, 1.82) is 0 Å². The van der Waals surface area contributed by atoms with Crippen LogP contribution in [0.15, 0.2) is 36.5 Å². The van der Waals surface area contributed by atoms with Gasteiger partial charge in [-0.3, -0.25) is 9.59 Å². The number of rotatable bonds is 12. The summed E-state index contributed by atoms with van der Waals surface area (Å²) in [7, 11) is 1.40. The van der Waals surface area contributed by atoms with Gasteiger partial charge in [0.1, 0.15) is 0 Å². The van der Waals surface area contributed by atoms with E-state index < -0.39 is 6.10 Å². The topological polar surface area (TPSA) is 63.6 Å². The molecule has 1 aliphatic rings. The molecule has 3 atom stereocenters. The van der Waals surface area contributed by atoms with E-state index in [2.05, 4.69) is 23.8 Å². The SMILES string of the molecule is CCCCC[C@H](O)/C=C/[C@H]1C(=O)C=C[C@@H]1C/C=C\CCCC(=O)OC. The molecule has 0 amide bonds. The summed E-state index contributed by atoms with van der Waals surface area (Å²) in [5, 5.41) is 9.98. The first-order valence-electron chi connectivity index (χ1n) is 9.38. The first-order chi connectivity index (χ1) is 12.1. The van der Waals surface area contributed by atoms with Crippen LogP contribution in [-0.2, 0) is 14.3 Å². The van der Waals surface area contributed by atoms with Gasteiger partial charge in [-0.25, -0.2) is 0 Å². The van der Waals surface area contributed by atoms with E-state index in [-0.39, 0.29) is 23.6 Å². The van der Waals surface area contributed by atoms with Gasteiger partial charge in [-0.2, -0.15) is 0 Å². The van der Waals surface area contributed by atoms with Crippen LogP contribution in [0, 0.1) is 11.8 Å². The van der Waals surface area contributed by atoms with Crippen molar-refractivity contribution < 1.29 is 19.4 Å². The zero-order chi connectivity index (χ0) is 18.5. The minimum absolute atomic E-state index is 0.112. The number of methoxy groups -OCH3 is 1. The number of esters is 1. The summed E-state index contributed by atoms with van der Waals surface area (Å²) in [5.41, 5.74) is 0. The smallest absolute Gasteiger partial charge is 0.305 e. The second-order valence-electron chi connectivity index (χ2n) is 6.57. The number of carbonyl (C=O) groups excluding carboxylic acids is 2. The molecule has 0 saturated carbocycles. The highest BCUT2D eigenvalue weighted by atomic mass is 16.5. The van der Waals surface area contributed by atoms with Gasteiger partial charge in [-0.1, -0.05) is 56.6 Å². The summed E-state index contributed by atoms with van der Waals surface area (Å²) in [6.45, 7) is 2.14. The van der Waals surface area contributed by atoms with Gasteiger partial charge in [0, 0.05) is 12.3 Å². The van der Waals surface area contributed by atoms with Crippen LogP contribution in [-0.4, -0.2) is 30.1 Å². The van der Waals surface area contributed by atoms with Gasteiger partial charge in [-0.15, -0.1) is 0 Å². The fourth-order valence-corrected chi connectivity index (χ4v) is 2.91. The molecule has 0 radical (unpaired) electrons. The van der Waals surface area contributed by atoms with Crippen molar-refractivity contribution in [3.05, 3.63) is 36.5 Å². The maximum Gasteiger partial charge on any atom is 0.305 e. The van der Waals surface area contributed by atoms with Crippen LogP contribution < -0.4 is 0 Å². The molecule has 1 N–H and O–H groups in total. The van der Waals surface area contributed by atoms with Crippen LogP contribution in [0.4, 0.5) is 0 Å². The summed E-state index contributed by atoms with van der Waals surface area (Å²) < 4.78 is 4.60.